The summed E-state index contributed by atoms with van der Waals surface area (Å²) < 4.78 is 5.84. The summed E-state index contributed by atoms with van der Waals surface area (Å²) in [6.45, 7) is 5.14. The molecule has 2 rings (SSSR count). The molecule has 0 spiro atoms. The third-order valence-corrected chi connectivity index (χ3v) is 3.88. The summed E-state index contributed by atoms with van der Waals surface area (Å²) in [5.74, 6) is 0.125. The van der Waals surface area contributed by atoms with E-state index in [1.54, 1.807) is 13.8 Å². The molecule has 0 bridgehead atoms. The molecular weight excluding hydrogens is 254 g/mol. The van der Waals surface area contributed by atoms with Gasteiger partial charge in [0.2, 0.25) is 5.91 Å². The molecule has 1 unspecified atom stereocenters. The van der Waals surface area contributed by atoms with E-state index in [0.29, 0.717) is 0 Å². The van der Waals surface area contributed by atoms with Crippen molar-refractivity contribution in [2.75, 3.05) is 19.7 Å². The standard InChI is InChI=1S/C16H23NO3/c1-13(18)17-10-8-15(9-11-17)20-12-16(2,19)14-6-4-3-5-7-14/h3-7,15,19H,8-12H2,1-2H3. The van der Waals surface area contributed by atoms with E-state index in [0.717, 1.165) is 31.5 Å². The van der Waals surface area contributed by atoms with Gasteiger partial charge in [0, 0.05) is 20.0 Å². The third-order valence-electron chi connectivity index (χ3n) is 3.88. The van der Waals surface area contributed by atoms with Crippen LogP contribution < -0.4 is 0 Å². The Bertz CT molecular complexity index is 436. The summed E-state index contributed by atoms with van der Waals surface area (Å²) in [5, 5.41) is 10.5. The Morgan fingerprint density at radius 2 is 1.95 bits per heavy atom. The molecule has 1 amide bonds. The topological polar surface area (TPSA) is 49.8 Å². The number of rotatable bonds is 4. The van der Waals surface area contributed by atoms with Crippen molar-refractivity contribution in [3.63, 3.8) is 0 Å². The highest BCUT2D eigenvalue weighted by Crippen LogP contribution is 2.23. The number of carbonyl (C=O) groups excluding carboxylic acids is 1. The molecule has 1 heterocycles. The molecule has 0 radical (unpaired) electrons. The van der Waals surface area contributed by atoms with Gasteiger partial charge in [-0.3, -0.25) is 4.79 Å². The average Bonchev–Trinajstić information content (AvgIpc) is 2.46. The first-order valence-corrected chi connectivity index (χ1v) is 7.14. The Morgan fingerprint density at radius 1 is 1.35 bits per heavy atom. The summed E-state index contributed by atoms with van der Waals surface area (Å²) in [6, 6.07) is 9.56. The zero-order chi connectivity index (χ0) is 14.6. The molecule has 110 valence electrons. The van der Waals surface area contributed by atoms with Crippen molar-refractivity contribution in [2.24, 2.45) is 0 Å². The normalized spacial score (nSPS) is 19.6. The molecule has 0 aliphatic carbocycles. The third kappa shape index (κ3) is 3.81. The Morgan fingerprint density at radius 3 is 2.50 bits per heavy atom. The highest BCUT2D eigenvalue weighted by Gasteiger charge is 2.27. The number of likely N-dealkylation sites (tertiary alicyclic amines) is 1. The Balaban J connectivity index is 1.82. The van der Waals surface area contributed by atoms with Crippen LogP contribution in [-0.4, -0.2) is 41.7 Å². The second kappa shape index (κ2) is 6.37. The number of ether oxygens (including phenoxy) is 1. The molecular formula is C16H23NO3. The van der Waals surface area contributed by atoms with E-state index < -0.39 is 5.60 Å². The smallest absolute Gasteiger partial charge is 0.219 e. The largest absolute Gasteiger partial charge is 0.383 e. The maximum Gasteiger partial charge on any atom is 0.219 e. The molecule has 1 saturated heterocycles. The van der Waals surface area contributed by atoms with Crippen LogP contribution in [0.2, 0.25) is 0 Å². The molecule has 1 aromatic rings. The van der Waals surface area contributed by atoms with Gasteiger partial charge in [0.15, 0.2) is 0 Å². The second-order valence-corrected chi connectivity index (χ2v) is 5.66. The van der Waals surface area contributed by atoms with Crippen LogP contribution in [0.4, 0.5) is 0 Å². The highest BCUT2D eigenvalue weighted by atomic mass is 16.5. The van der Waals surface area contributed by atoms with Crippen LogP contribution >= 0.6 is 0 Å². The van der Waals surface area contributed by atoms with Gasteiger partial charge >= 0.3 is 0 Å². The number of carbonyl (C=O) groups is 1. The van der Waals surface area contributed by atoms with Crippen LogP contribution in [0.25, 0.3) is 0 Å². The Kier molecular flexibility index (Phi) is 4.78. The van der Waals surface area contributed by atoms with Crippen molar-refractivity contribution in [3.8, 4) is 0 Å². The second-order valence-electron chi connectivity index (χ2n) is 5.66. The van der Waals surface area contributed by atoms with Gasteiger partial charge in [0.25, 0.3) is 0 Å². The molecule has 1 atom stereocenters. The van der Waals surface area contributed by atoms with E-state index in [1.165, 1.54) is 0 Å². The quantitative estimate of drug-likeness (QED) is 0.914. The van der Waals surface area contributed by atoms with Crippen LogP contribution in [0.3, 0.4) is 0 Å². The number of amides is 1. The number of piperidine rings is 1. The maximum absolute atomic E-state index is 11.3. The number of benzene rings is 1. The van der Waals surface area contributed by atoms with Gasteiger partial charge in [-0.2, -0.15) is 0 Å². The predicted molar refractivity (Wildman–Crippen MR) is 77.2 cm³/mol. The van der Waals surface area contributed by atoms with Gasteiger partial charge in [-0.25, -0.2) is 0 Å². The maximum atomic E-state index is 11.3. The molecule has 4 heteroatoms. The van der Waals surface area contributed by atoms with Crippen molar-refractivity contribution >= 4 is 5.91 Å². The number of nitrogens with zero attached hydrogens (tertiary/aromatic N) is 1. The fraction of sp³-hybridized carbons (Fsp3) is 0.562. The van der Waals surface area contributed by atoms with E-state index in [2.05, 4.69) is 0 Å². The zero-order valence-corrected chi connectivity index (χ0v) is 12.2. The average molecular weight is 277 g/mol. The number of hydrogen-bond donors (Lipinski definition) is 1. The van der Waals surface area contributed by atoms with Crippen LogP contribution in [-0.2, 0) is 15.1 Å². The zero-order valence-electron chi connectivity index (χ0n) is 12.2. The molecule has 1 fully saturated rings. The van der Waals surface area contributed by atoms with Crippen molar-refractivity contribution in [1.29, 1.82) is 0 Å². The monoisotopic (exact) mass is 277 g/mol. The van der Waals surface area contributed by atoms with E-state index in [4.69, 9.17) is 4.74 Å². The Hall–Kier alpha value is -1.39. The first-order valence-electron chi connectivity index (χ1n) is 7.14. The van der Waals surface area contributed by atoms with Gasteiger partial charge in [-0.15, -0.1) is 0 Å². The van der Waals surface area contributed by atoms with E-state index in [-0.39, 0.29) is 18.6 Å². The molecule has 0 saturated carbocycles. The van der Waals surface area contributed by atoms with Crippen molar-refractivity contribution in [2.45, 2.75) is 38.4 Å². The van der Waals surface area contributed by atoms with E-state index >= 15 is 0 Å². The van der Waals surface area contributed by atoms with Gasteiger partial charge in [0.05, 0.1) is 12.7 Å². The van der Waals surface area contributed by atoms with Gasteiger partial charge < -0.3 is 14.7 Å². The van der Waals surface area contributed by atoms with Crippen LogP contribution in [0.1, 0.15) is 32.3 Å². The molecule has 1 aromatic carbocycles. The summed E-state index contributed by atoms with van der Waals surface area (Å²) in [7, 11) is 0. The number of hydrogen-bond acceptors (Lipinski definition) is 3. The first-order chi connectivity index (χ1) is 9.49. The minimum Gasteiger partial charge on any atom is -0.383 e. The minimum absolute atomic E-state index is 0.125. The van der Waals surface area contributed by atoms with Gasteiger partial charge in [0.1, 0.15) is 5.60 Å². The van der Waals surface area contributed by atoms with Crippen LogP contribution in [0.5, 0.6) is 0 Å². The summed E-state index contributed by atoms with van der Waals surface area (Å²) >= 11 is 0. The summed E-state index contributed by atoms with van der Waals surface area (Å²) in [4.78, 5) is 13.1. The molecule has 1 aliphatic rings. The van der Waals surface area contributed by atoms with Gasteiger partial charge in [-0.1, -0.05) is 30.3 Å². The summed E-state index contributed by atoms with van der Waals surface area (Å²) in [5.41, 5.74) is -0.111. The summed E-state index contributed by atoms with van der Waals surface area (Å²) in [6.07, 6.45) is 1.80. The van der Waals surface area contributed by atoms with Gasteiger partial charge in [-0.05, 0) is 25.3 Å². The van der Waals surface area contributed by atoms with E-state index in [1.807, 2.05) is 35.2 Å². The van der Waals surface area contributed by atoms with Crippen molar-refractivity contribution in [3.05, 3.63) is 35.9 Å². The van der Waals surface area contributed by atoms with Crippen molar-refractivity contribution < 1.29 is 14.6 Å². The lowest BCUT2D eigenvalue weighted by Gasteiger charge is -2.33. The molecule has 1 N–H and O–H groups in total. The van der Waals surface area contributed by atoms with Crippen LogP contribution in [0.15, 0.2) is 30.3 Å². The van der Waals surface area contributed by atoms with Crippen LogP contribution in [0, 0.1) is 0 Å². The fourth-order valence-electron chi connectivity index (χ4n) is 2.50. The number of aliphatic hydroxyl groups is 1. The predicted octanol–water partition coefficient (Wildman–Crippen LogP) is 1.92. The lowest BCUT2D eigenvalue weighted by Crippen LogP contribution is -2.41. The molecule has 4 nitrogen and oxygen atoms in total. The Labute approximate surface area is 120 Å². The first kappa shape index (κ1) is 15.0. The van der Waals surface area contributed by atoms with Crippen molar-refractivity contribution in [1.82, 2.24) is 4.90 Å². The molecule has 20 heavy (non-hydrogen) atoms. The molecule has 0 aromatic heterocycles. The lowest BCUT2D eigenvalue weighted by atomic mass is 9.97. The minimum atomic E-state index is -0.973. The lowest BCUT2D eigenvalue weighted by molar-refractivity contribution is -0.133. The SMILES string of the molecule is CC(=O)N1CCC(OCC(C)(O)c2ccccc2)CC1. The molecule has 1 aliphatic heterocycles. The highest BCUT2D eigenvalue weighted by molar-refractivity contribution is 5.73. The van der Waals surface area contributed by atoms with E-state index in [9.17, 15) is 9.90 Å². The fourth-order valence-corrected chi connectivity index (χ4v) is 2.50.